The number of aliphatic imine (C=N–C) groups is 1. The lowest BCUT2D eigenvalue weighted by atomic mass is 10.1. The van der Waals surface area contributed by atoms with Crippen molar-refractivity contribution < 1.29 is 9.47 Å². The lowest BCUT2D eigenvalue weighted by molar-refractivity contribution is 0.152. The lowest BCUT2D eigenvalue weighted by Gasteiger charge is -2.12. The highest BCUT2D eigenvalue weighted by atomic mass is 16.5. The van der Waals surface area contributed by atoms with Gasteiger partial charge in [-0.1, -0.05) is 24.3 Å². The zero-order valence-corrected chi connectivity index (χ0v) is 12.6. The molecule has 5 nitrogen and oxygen atoms in total. The van der Waals surface area contributed by atoms with Crippen LogP contribution in [-0.4, -0.2) is 39.9 Å². The third-order valence-electron chi connectivity index (χ3n) is 2.76. The number of rotatable bonds is 8. The normalized spacial score (nSPS) is 11.4. The molecular formula is C15H25N3O2. The zero-order valence-electron chi connectivity index (χ0n) is 12.6. The van der Waals surface area contributed by atoms with Crippen molar-refractivity contribution in [1.29, 1.82) is 0 Å². The van der Waals surface area contributed by atoms with Crippen LogP contribution in [0.3, 0.4) is 0 Å². The van der Waals surface area contributed by atoms with Crippen molar-refractivity contribution in [3.05, 3.63) is 35.4 Å². The van der Waals surface area contributed by atoms with Crippen LogP contribution in [0.15, 0.2) is 29.3 Å². The van der Waals surface area contributed by atoms with Crippen LogP contribution >= 0.6 is 0 Å². The summed E-state index contributed by atoms with van der Waals surface area (Å²) in [6.45, 7) is 5.54. The third-order valence-corrected chi connectivity index (χ3v) is 2.76. The van der Waals surface area contributed by atoms with E-state index < -0.39 is 0 Å². The monoisotopic (exact) mass is 279 g/mol. The Hall–Kier alpha value is -1.59. The van der Waals surface area contributed by atoms with Crippen LogP contribution in [0.2, 0.25) is 0 Å². The van der Waals surface area contributed by atoms with Crippen LogP contribution in [-0.2, 0) is 22.6 Å². The fourth-order valence-corrected chi connectivity index (χ4v) is 1.71. The van der Waals surface area contributed by atoms with E-state index in [1.807, 2.05) is 6.92 Å². The minimum absolute atomic E-state index is 0.647. The van der Waals surface area contributed by atoms with Crippen molar-refractivity contribution in [1.82, 2.24) is 10.6 Å². The Morgan fingerprint density at radius 1 is 1.15 bits per heavy atom. The number of ether oxygens (including phenoxy) is 2. The first-order chi connectivity index (χ1) is 9.80. The van der Waals surface area contributed by atoms with Gasteiger partial charge in [0.2, 0.25) is 0 Å². The zero-order chi connectivity index (χ0) is 14.6. The summed E-state index contributed by atoms with van der Waals surface area (Å²) in [5.74, 6) is 0.783. The number of guanidine groups is 1. The molecule has 0 amide bonds. The molecule has 0 aromatic heterocycles. The molecule has 5 heteroatoms. The van der Waals surface area contributed by atoms with E-state index in [0.29, 0.717) is 13.2 Å². The molecule has 0 fully saturated rings. The molecule has 20 heavy (non-hydrogen) atoms. The first kappa shape index (κ1) is 16.5. The fourth-order valence-electron chi connectivity index (χ4n) is 1.71. The van der Waals surface area contributed by atoms with Crippen LogP contribution in [0.1, 0.15) is 18.1 Å². The minimum atomic E-state index is 0.647. The molecular weight excluding hydrogens is 254 g/mol. The van der Waals surface area contributed by atoms with E-state index in [4.69, 9.17) is 9.47 Å². The summed E-state index contributed by atoms with van der Waals surface area (Å²) in [4.78, 5) is 4.17. The van der Waals surface area contributed by atoms with E-state index in [1.165, 1.54) is 11.1 Å². The molecule has 1 aromatic carbocycles. The Kier molecular flexibility index (Phi) is 8.42. The number of nitrogens with one attached hydrogen (secondary N) is 2. The van der Waals surface area contributed by atoms with Crippen molar-refractivity contribution in [2.75, 3.05) is 33.9 Å². The maximum atomic E-state index is 5.27. The molecule has 2 N–H and O–H groups in total. The molecule has 0 atom stereocenters. The maximum Gasteiger partial charge on any atom is 0.191 e. The Labute approximate surface area is 121 Å². The SMILES string of the molecule is CCOCCNC(=NC)NCc1ccc(COC)cc1. The van der Waals surface area contributed by atoms with Gasteiger partial charge in [0.05, 0.1) is 13.2 Å². The van der Waals surface area contributed by atoms with Gasteiger partial charge in [-0.05, 0) is 18.1 Å². The molecule has 1 aromatic rings. The van der Waals surface area contributed by atoms with Gasteiger partial charge in [-0.15, -0.1) is 0 Å². The van der Waals surface area contributed by atoms with Gasteiger partial charge in [0.25, 0.3) is 0 Å². The van der Waals surface area contributed by atoms with Crippen LogP contribution in [0.5, 0.6) is 0 Å². The van der Waals surface area contributed by atoms with Gasteiger partial charge >= 0.3 is 0 Å². The Morgan fingerprint density at radius 3 is 2.45 bits per heavy atom. The molecule has 0 saturated heterocycles. The average molecular weight is 279 g/mol. The first-order valence-electron chi connectivity index (χ1n) is 6.89. The number of hydrogen-bond donors (Lipinski definition) is 2. The predicted octanol–water partition coefficient (Wildman–Crippen LogP) is 1.53. The summed E-state index contributed by atoms with van der Waals surface area (Å²) in [7, 11) is 3.46. The smallest absolute Gasteiger partial charge is 0.191 e. The quantitative estimate of drug-likeness (QED) is 0.430. The van der Waals surface area contributed by atoms with E-state index in [2.05, 4.69) is 39.9 Å². The van der Waals surface area contributed by atoms with Crippen molar-refractivity contribution in [2.45, 2.75) is 20.1 Å². The van der Waals surface area contributed by atoms with Gasteiger partial charge in [0, 0.05) is 33.9 Å². The van der Waals surface area contributed by atoms with E-state index >= 15 is 0 Å². The second-order valence-electron chi connectivity index (χ2n) is 4.30. The van der Waals surface area contributed by atoms with Crippen LogP contribution in [0, 0.1) is 0 Å². The van der Waals surface area contributed by atoms with Gasteiger partial charge < -0.3 is 20.1 Å². The highest BCUT2D eigenvalue weighted by Crippen LogP contribution is 2.05. The molecule has 112 valence electrons. The Morgan fingerprint density at radius 2 is 1.85 bits per heavy atom. The fraction of sp³-hybridized carbons (Fsp3) is 0.533. The highest BCUT2D eigenvalue weighted by Gasteiger charge is 1.98. The number of methoxy groups -OCH3 is 1. The Balaban J connectivity index is 2.32. The van der Waals surface area contributed by atoms with Crippen LogP contribution in [0.25, 0.3) is 0 Å². The molecule has 0 spiro atoms. The van der Waals surface area contributed by atoms with Crippen LogP contribution in [0.4, 0.5) is 0 Å². The molecule has 0 heterocycles. The number of nitrogens with zero attached hydrogens (tertiary/aromatic N) is 1. The van der Waals surface area contributed by atoms with Gasteiger partial charge in [0.15, 0.2) is 5.96 Å². The third kappa shape index (κ3) is 6.54. The predicted molar refractivity (Wildman–Crippen MR) is 81.8 cm³/mol. The van der Waals surface area contributed by atoms with Gasteiger partial charge in [-0.25, -0.2) is 0 Å². The van der Waals surface area contributed by atoms with Crippen molar-refractivity contribution >= 4 is 5.96 Å². The number of hydrogen-bond acceptors (Lipinski definition) is 3. The standard InChI is InChI=1S/C15H25N3O2/c1-4-20-10-9-17-15(16-2)18-11-13-5-7-14(8-6-13)12-19-3/h5-8H,4,9-12H2,1-3H3,(H2,16,17,18). The molecule has 0 aliphatic heterocycles. The average Bonchev–Trinajstić information content (AvgIpc) is 2.48. The second-order valence-corrected chi connectivity index (χ2v) is 4.30. The largest absolute Gasteiger partial charge is 0.380 e. The summed E-state index contributed by atoms with van der Waals surface area (Å²) in [5.41, 5.74) is 2.38. The summed E-state index contributed by atoms with van der Waals surface area (Å²) in [5, 5.41) is 6.47. The highest BCUT2D eigenvalue weighted by molar-refractivity contribution is 5.79. The lowest BCUT2D eigenvalue weighted by Crippen LogP contribution is -2.38. The van der Waals surface area contributed by atoms with Gasteiger partial charge in [0.1, 0.15) is 0 Å². The van der Waals surface area contributed by atoms with Gasteiger partial charge in [-0.3, -0.25) is 4.99 Å². The summed E-state index contributed by atoms with van der Waals surface area (Å²) < 4.78 is 10.4. The molecule has 0 saturated carbocycles. The van der Waals surface area contributed by atoms with Gasteiger partial charge in [-0.2, -0.15) is 0 Å². The topological polar surface area (TPSA) is 54.9 Å². The van der Waals surface area contributed by atoms with E-state index in [9.17, 15) is 0 Å². The van der Waals surface area contributed by atoms with Crippen molar-refractivity contribution in [2.24, 2.45) is 4.99 Å². The van der Waals surface area contributed by atoms with E-state index in [1.54, 1.807) is 14.2 Å². The number of benzene rings is 1. The molecule has 0 radical (unpaired) electrons. The molecule has 1 rings (SSSR count). The van der Waals surface area contributed by atoms with Crippen molar-refractivity contribution in [3.8, 4) is 0 Å². The molecule has 0 aliphatic rings. The minimum Gasteiger partial charge on any atom is -0.380 e. The molecule has 0 bridgehead atoms. The maximum absolute atomic E-state index is 5.27. The summed E-state index contributed by atoms with van der Waals surface area (Å²) >= 11 is 0. The van der Waals surface area contributed by atoms with Crippen LogP contribution < -0.4 is 10.6 Å². The van der Waals surface area contributed by atoms with E-state index in [0.717, 1.165) is 25.7 Å². The Bertz CT molecular complexity index is 391. The summed E-state index contributed by atoms with van der Waals surface area (Å²) in [6.07, 6.45) is 0. The molecule has 0 aliphatic carbocycles. The second kappa shape index (κ2) is 10.2. The van der Waals surface area contributed by atoms with Crippen molar-refractivity contribution in [3.63, 3.8) is 0 Å². The first-order valence-corrected chi connectivity index (χ1v) is 6.89. The summed E-state index contributed by atoms with van der Waals surface area (Å²) in [6, 6.07) is 8.33. The molecule has 0 unspecified atom stereocenters. The van der Waals surface area contributed by atoms with E-state index in [-0.39, 0.29) is 0 Å².